The van der Waals surface area contributed by atoms with Crippen molar-refractivity contribution in [3.8, 4) is 0 Å². The zero-order chi connectivity index (χ0) is 16.2. The highest BCUT2D eigenvalue weighted by Gasteiger charge is 2.35. The lowest BCUT2D eigenvalue weighted by atomic mass is 10.1. The molecule has 0 aliphatic heterocycles. The van der Waals surface area contributed by atoms with Gasteiger partial charge < -0.3 is 4.90 Å². The molecule has 1 fully saturated rings. The Kier molecular flexibility index (Phi) is 5.29. The third-order valence-electron chi connectivity index (χ3n) is 4.10. The molecular weight excluding hydrogens is 326 g/mol. The van der Waals surface area contributed by atoms with Gasteiger partial charge in [0, 0.05) is 16.0 Å². The summed E-state index contributed by atoms with van der Waals surface area (Å²) < 4.78 is 0. The van der Waals surface area contributed by atoms with Crippen LogP contribution in [0.5, 0.6) is 0 Å². The summed E-state index contributed by atoms with van der Waals surface area (Å²) >= 11 is 7.57. The van der Waals surface area contributed by atoms with E-state index in [0.717, 1.165) is 28.3 Å². The van der Waals surface area contributed by atoms with Crippen molar-refractivity contribution in [2.75, 3.05) is 5.75 Å². The predicted molar refractivity (Wildman–Crippen MR) is 96.9 cm³/mol. The van der Waals surface area contributed by atoms with Gasteiger partial charge in [-0.25, -0.2) is 0 Å². The Morgan fingerprint density at radius 3 is 2.43 bits per heavy atom. The third kappa shape index (κ3) is 4.30. The molecule has 0 N–H and O–H groups in total. The van der Waals surface area contributed by atoms with Gasteiger partial charge in [0.15, 0.2) is 0 Å². The highest BCUT2D eigenvalue weighted by Crippen LogP contribution is 2.35. The monoisotopic (exact) mass is 345 g/mol. The van der Waals surface area contributed by atoms with Gasteiger partial charge in [0.2, 0.25) is 5.91 Å². The molecular formula is C19H20ClNOS. The van der Waals surface area contributed by atoms with E-state index in [2.05, 4.69) is 11.8 Å². The Labute approximate surface area is 146 Å². The molecule has 1 aliphatic rings. The van der Waals surface area contributed by atoms with Crippen molar-refractivity contribution in [1.82, 2.24) is 4.90 Å². The van der Waals surface area contributed by atoms with Gasteiger partial charge in [0.05, 0.1) is 11.8 Å². The number of benzene rings is 2. The van der Waals surface area contributed by atoms with Gasteiger partial charge in [-0.15, -0.1) is 11.8 Å². The Morgan fingerprint density at radius 2 is 1.83 bits per heavy atom. The first-order chi connectivity index (χ1) is 11.1. The summed E-state index contributed by atoms with van der Waals surface area (Å²) in [5.41, 5.74) is 1.14. The fourth-order valence-electron chi connectivity index (χ4n) is 2.73. The van der Waals surface area contributed by atoms with E-state index in [9.17, 15) is 4.79 Å². The minimum Gasteiger partial charge on any atom is -0.332 e. The summed E-state index contributed by atoms with van der Waals surface area (Å²) in [7, 11) is 0. The first-order valence-corrected chi connectivity index (χ1v) is 9.26. The van der Waals surface area contributed by atoms with Crippen LogP contribution in [0.4, 0.5) is 0 Å². The summed E-state index contributed by atoms with van der Waals surface area (Å²) in [6.45, 7) is 2.10. The number of halogens is 1. The first-order valence-electron chi connectivity index (χ1n) is 7.89. The van der Waals surface area contributed by atoms with E-state index in [1.807, 2.05) is 54.6 Å². The van der Waals surface area contributed by atoms with E-state index in [4.69, 9.17) is 11.6 Å². The van der Waals surface area contributed by atoms with Crippen LogP contribution in [0.15, 0.2) is 59.5 Å². The maximum Gasteiger partial charge on any atom is 0.233 e. The zero-order valence-corrected chi connectivity index (χ0v) is 14.7. The van der Waals surface area contributed by atoms with Gasteiger partial charge in [0.25, 0.3) is 0 Å². The molecule has 1 atom stereocenters. The summed E-state index contributed by atoms with van der Waals surface area (Å²) in [5, 5.41) is 0.727. The molecule has 0 heterocycles. The Balaban J connectivity index is 1.68. The highest BCUT2D eigenvalue weighted by molar-refractivity contribution is 8.00. The molecule has 0 saturated heterocycles. The number of carbonyl (C=O) groups excluding carboxylic acids is 1. The lowest BCUT2D eigenvalue weighted by Crippen LogP contribution is -2.36. The van der Waals surface area contributed by atoms with Crippen molar-refractivity contribution in [2.24, 2.45) is 0 Å². The quantitative estimate of drug-likeness (QED) is 0.672. The molecule has 4 heteroatoms. The number of carbonyl (C=O) groups is 1. The number of hydrogen-bond donors (Lipinski definition) is 0. The normalized spacial score (nSPS) is 15.2. The number of thioether (sulfide) groups is 1. The zero-order valence-electron chi connectivity index (χ0n) is 13.1. The van der Waals surface area contributed by atoms with Crippen molar-refractivity contribution in [1.29, 1.82) is 0 Å². The molecule has 0 aromatic heterocycles. The van der Waals surface area contributed by atoms with Gasteiger partial charge in [-0.05, 0) is 49.6 Å². The van der Waals surface area contributed by atoms with Crippen LogP contribution in [0.3, 0.4) is 0 Å². The molecule has 1 saturated carbocycles. The number of amides is 1. The minimum absolute atomic E-state index is 0.0867. The van der Waals surface area contributed by atoms with Gasteiger partial charge in [0.1, 0.15) is 0 Å². The third-order valence-corrected chi connectivity index (χ3v) is 5.35. The van der Waals surface area contributed by atoms with Crippen molar-refractivity contribution in [3.05, 3.63) is 65.2 Å². The van der Waals surface area contributed by atoms with E-state index < -0.39 is 0 Å². The van der Waals surface area contributed by atoms with E-state index in [0.29, 0.717) is 11.8 Å². The number of hydrogen-bond acceptors (Lipinski definition) is 2. The van der Waals surface area contributed by atoms with E-state index in [1.165, 1.54) is 0 Å². The Morgan fingerprint density at radius 1 is 1.17 bits per heavy atom. The summed E-state index contributed by atoms with van der Waals surface area (Å²) in [6.07, 6.45) is 2.22. The molecule has 1 amide bonds. The number of nitrogens with zero attached hydrogens (tertiary/aromatic N) is 1. The largest absolute Gasteiger partial charge is 0.332 e. The van der Waals surface area contributed by atoms with Gasteiger partial charge in [-0.1, -0.05) is 41.9 Å². The van der Waals surface area contributed by atoms with Crippen LogP contribution in [0.1, 0.15) is 31.4 Å². The molecule has 0 bridgehead atoms. The maximum absolute atomic E-state index is 12.8. The lowest BCUT2D eigenvalue weighted by Gasteiger charge is -2.30. The second-order valence-corrected chi connectivity index (χ2v) is 7.35. The molecule has 2 nitrogen and oxygen atoms in total. The summed E-state index contributed by atoms with van der Waals surface area (Å²) in [6, 6.07) is 18.4. The molecule has 1 unspecified atom stereocenters. The first kappa shape index (κ1) is 16.4. The topological polar surface area (TPSA) is 20.3 Å². The van der Waals surface area contributed by atoms with Crippen LogP contribution in [0.25, 0.3) is 0 Å². The smallest absolute Gasteiger partial charge is 0.233 e. The van der Waals surface area contributed by atoms with Crippen LogP contribution < -0.4 is 0 Å². The maximum atomic E-state index is 12.8. The van der Waals surface area contributed by atoms with Crippen molar-refractivity contribution >= 4 is 29.3 Å². The van der Waals surface area contributed by atoms with Crippen LogP contribution in [-0.4, -0.2) is 22.6 Å². The van der Waals surface area contributed by atoms with Crippen molar-refractivity contribution in [3.63, 3.8) is 0 Å². The molecule has 2 aromatic carbocycles. The summed E-state index contributed by atoms with van der Waals surface area (Å²) in [5.74, 6) is 0.696. The van der Waals surface area contributed by atoms with E-state index in [1.54, 1.807) is 11.8 Å². The second kappa shape index (κ2) is 7.41. The predicted octanol–water partition coefficient (Wildman–Crippen LogP) is 5.18. The highest BCUT2D eigenvalue weighted by atomic mass is 35.5. The molecule has 3 rings (SSSR count). The van der Waals surface area contributed by atoms with Crippen LogP contribution in [0.2, 0.25) is 5.02 Å². The second-order valence-electron chi connectivity index (χ2n) is 5.86. The van der Waals surface area contributed by atoms with E-state index >= 15 is 0 Å². The molecule has 23 heavy (non-hydrogen) atoms. The van der Waals surface area contributed by atoms with Gasteiger partial charge in [-0.3, -0.25) is 4.79 Å². The fourth-order valence-corrected chi connectivity index (χ4v) is 3.64. The fraction of sp³-hybridized carbons (Fsp3) is 0.316. The van der Waals surface area contributed by atoms with Crippen LogP contribution in [0, 0.1) is 0 Å². The Bertz CT molecular complexity index is 655. The van der Waals surface area contributed by atoms with Gasteiger partial charge in [-0.2, -0.15) is 0 Å². The lowest BCUT2D eigenvalue weighted by molar-refractivity contribution is -0.131. The average Bonchev–Trinajstić information content (AvgIpc) is 3.39. The summed E-state index contributed by atoms with van der Waals surface area (Å²) in [4.78, 5) is 15.9. The van der Waals surface area contributed by atoms with Crippen LogP contribution in [-0.2, 0) is 4.79 Å². The van der Waals surface area contributed by atoms with Crippen molar-refractivity contribution < 1.29 is 4.79 Å². The molecule has 1 aliphatic carbocycles. The molecule has 0 radical (unpaired) electrons. The standard InChI is InChI=1S/C19H20ClNOS/c1-14(15-7-9-16(20)10-8-15)21(17-11-12-17)19(22)13-23-18-5-3-2-4-6-18/h2-10,14,17H,11-13H2,1H3. The average molecular weight is 346 g/mol. The molecule has 0 spiro atoms. The Hall–Kier alpha value is -1.45. The SMILES string of the molecule is CC(c1ccc(Cl)cc1)N(C(=O)CSc1ccccc1)C1CC1. The van der Waals surface area contributed by atoms with Gasteiger partial charge >= 0.3 is 0 Å². The molecule has 120 valence electrons. The van der Waals surface area contributed by atoms with Crippen LogP contribution >= 0.6 is 23.4 Å². The minimum atomic E-state index is 0.0867. The van der Waals surface area contributed by atoms with Crippen molar-refractivity contribution in [2.45, 2.75) is 36.7 Å². The molecule has 2 aromatic rings. The number of rotatable bonds is 6. The van der Waals surface area contributed by atoms with E-state index in [-0.39, 0.29) is 11.9 Å².